The van der Waals surface area contributed by atoms with E-state index in [0.717, 1.165) is 13.0 Å². The molecule has 0 bridgehead atoms. The lowest BCUT2D eigenvalue weighted by Crippen LogP contribution is -2.13. The Hall–Kier alpha value is -2.90. The van der Waals surface area contributed by atoms with Crippen molar-refractivity contribution in [3.63, 3.8) is 0 Å². The highest BCUT2D eigenvalue weighted by molar-refractivity contribution is 5.92. The fraction of sp³-hybridized carbons (Fsp3) is 0.231. The average molecular weight is 296 g/mol. The summed E-state index contributed by atoms with van der Waals surface area (Å²) in [5, 5.41) is 8.62. The van der Waals surface area contributed by atoms with E-state index in [1.165, 1.54) is 7.11 Å². The van der Waals surface area contributed by atoms with Gasteiger partial charge in [0.1, 0.15) is 0 Å². The van der Waals surface area contributed by atoms with Crippen molar-refractivity contribution >= 4 is 24.5 Å². The smallest absolute Gasteiger partial charge is 0.341 e. The third kappa shape index (κ3) is 3.78. The van der Waals surface area contributed by atoms with Gasteiger partial charge in [-0.05, 0) is 6.07 Å². The minimum absolute atomic E-state index is 0.105. The van der Waals surface area contributed by atoms with Gasteiger partial charge in [-0.3, -0.25) is 14.4 Å². The number of carboxylic acids is 1. The monoisotopic (exact) mass is 296 g/mol. The Morgan fingerprint density at radius 2 is 1.71 bits per heavy atom. The molecule has 0 unspecified atom stereocenters. The van der Waals surface area contributed by atoms with E-state index in [9.17, 15) is 19.2 Å². The molecule has 0 aliphatic heterocycles. The Bertz CT molecular complexity index is 590. The SMILES string of the molecule is COc1c(OCC(=O)O)c(C=O)cc(C=O)c1OC(C)=O. The van der Waals surface area contributed by atoms with E-state index in [2.05, 4.69) is 0 Å². The number of aliphatic carboxylic acids is 1. The lowest BCUT2D eigenvalue weighted by molar-refractivity contribution is -0.139. The fourth-order valence-corrected chi connectivity index (χ4v) is 1.56. The molecule has 1 N–H and O–H groups in total. The highest BCUT2D eigenvalue weighted by Gasteiger charge is 2.23. The summed E-state index contributed by atoms with van der Waals surface area (Å²) in [5.74, 6) is -2.68. The van der Waals surface area contributed by atoms with Gasteiger partial charge in [0.05, 0.1) is 18.2 Å². The van der Waals surface area contributed by atoms with Crippen LogP contribution in [0.2, 0.25) is 0 Å². The molecular weight excluding hydrogens is 284 g/mol. The van der Waals surface area contributed by atoms with Crippen LogP contribution in [-0.4, -0.2) is 43.3 Å². The number of hydrogen-bond donors (Lipinski definition) is 1. The molecule has 0 atom stereocenters. The van der Waals surface area contributed by atoms with Gasteiger partial charge in [-0.15, -0.1) is 0 Å². The van der Waals surface area contributed by atoms with Crippen LogP contribution < -0.4 is 14.2 Å². The fourth-order valence-electron chi connectivity index (χ4n) is 1.56. The van der Waals surface area contributed by atoms with Gasteiger partial charge < -0.3 is 19.3 Å². The Kier molecular flexibility index (Phi) is 5.41. The second kappa shape index (κ2) is 7.04. The van der Waals surface area contributed by atoms with Gasteiger partial charge in [0, 0.05) is 6.92 Å². The summed E-state index contributed by atoms with van der Waals surface area (Å²) in [4.78, 5) is 43.7. The third-order valence-electron chi connectivity index (χ3n) is 2.29. The molecule has 0 saturated heterocycles. The van der Waals surface area contributed by atoms with Gasteiger partial charge in [-0.25, -0.2) is 4.79 Å². The zero-order valence-electron chi connectivity index (χ0n) is 11.2. The van der Waals surface area contributed by atoms with Gasteiger partial charge in [-0.2, -0.15) is 0 Å². The van der Waals surface area contributed by atoms with Crippen molar-refractivity contribution in [2.24, 2.45) is 0 Å². The van der Waals surface area contributed by atoms with E-state index >= 15 is 0 Å². The van der Waals surface area contributed by atoms with E-state index < -0.39 is 18.5 Å². The molecule has 0 aromatic heterocycles. The summed E-state index contributed by atoms with van der Waals surface area (Å²) in [6.45, 7) is 0.372. The zero-order valence-corrected chi connectivity index (χ0v) is 11.2. The van der Waals surface area contributed by atoms with Crippen LogP contribution in [-0.2, 0) is 9.59 Å². The topological polar surface area (TPSA) is 116 Å². The maximum Gasteiger partial charge on any atom is 0.341 e. The van der Waals surface area contributed by atoms with Crippen LogP contribution in [0.15, 0.2) is 6.07 Å². The molecule has 0 fully saturated rings. The van der Waals surface area contributed by atoms with Gasteiger partial charge >= 0.3 is 11.9 Å². The van der Waals surface area contributed by atoms with E-state index in [1.54, 1.807) is 0 Å². The van der Waals surface area contributed by atoms with Crippen LogP contribution >= 0.6 is 0 Å². The first-order valence-electron chi connectivity index (χ1n) is 5.62. The number of methoxy groups -OCH3 is 1. The Morgan fingerprint density at radius 1 is 1.14 bits per heavy atom. The highest BCUT2D eigenvalue weighted by atomic mass is 16.6. The van der Waals surface area contributed by atoms with Crippen molar-refractivity contribution in [2.45, 2.75) is 6.92 Å². The largest absolute Gasteiger partial charge is 0.490 e. The molecular formula is C13H12O8. The number of ether oxygens (including phenoxy) is 3. The van der Waals surface area contributed by atoms with Crippen LogP contribution in [0.4, 0.5) is 0 Å². The van der Waals surface area contributed by atoms with E-state index in [4.69, 9.17) is 19.3 Å². The molecule has 0 saturated carbocycles. The zero-order chi connectivity index (χ0) is 16.0. The van der Waals surface area contributed by atoms with E-state index in [1.807, 2.05) is 0 Å². The van der Waals surface area contributed by atoms with Crippen LogP contribution in [0.25, 0.3) is 0 Å². The molecule has 1 aromatic rings. The van der Waals surface area contributed by atoms with Crippen molar-refractivity contribution in [1.29, 1.82) is 0 Å². The van der Waals surface area contributed by atoms with Crippen LogP contribution in [0.3, 0.4) is 0 Å². The predicted molar refractivity (Wildman–Crippen MR) is 68.2 cm³/mol. The van der Waals surface area contributed by atoms with Crippen molar-refractivity contribution in [2.75, 3.05) is 13.7 Å². The maximum absolute atomic E-state index is 11.1. The first-order chi connectivity index (χ1) is 9.94. The molecule has 0 spiro atoms. The molecule has 21 heavy (non-hydrogen) atoms. The summed E-state index contributed by atoms with van der Waals surface area (Å²) < 4.78 is 14.8. The molecule has 0 amide bonds. The maximum atomic E-state index is 11.1. The third-order valence-corrected chi connectivity index (χ3v) is 2.29. The number of aldehydes is 2. The number of carbonyl (C=O) groups is 4. The van der Waals surface area contributed by atoms with Crippen LogP contribution in [0, 0.1) is 0 Å². The summed E-state index contributed by atoms with van der Waals surface area (Å²) in [6.07, 6.45) is 0.735. The normalized spacial score (nSPS) is 9.62. The lowest BCUT2D eigenvalue weighted by atomic mass is 10.1. The second-order valence-corrected chi connectivity index (χ2v) is 3.76. The molecule has 0 aliphatic rings. The summed E-state index contributed by atoms with van der Waals surface area (Å²) in [5.41, 5.74) is -0.210. The van der Waals surface area contributed by atoms with Gasteiger partial charge in [0.15, 0.2) is 30.7 Å². The molecule has 8 nitrogen and oxygen atoms in total. The first kappa shape index (κ1) is 16.2. The van der Waals surface area contributed by atoms with Gasteiger partial charge in [0.2, 0.25) is 5.75 Å². The molecule has 1 rings (SSSR count). The van der Waals surface area contributed by atoms with Crippen molar-refractivity contribution < 1.29 is 38.5 Å². The molecule has 0 radical (unpaired) electrons. The second-order valence-electron chi connectivity index (χ2n) is 3.76. The van der Waals surface area contributed by atoms with Crippen LogP contribution in [0.1, 0.15) is 27.6 Å². The minimum atomic E-state index is -1.28. The highest BCUT2D eigenvalue weighted by Crippen LogP contribution is 2.42. The number of esters is 1. The summed E-state index contributed by atoms with van der Waals surface area (Å²) in [6, 6.07) is 1.11. The average Bonchev–Trinajstić information content (AvgIpc) is 2.44. The standard InChI is InChI=1S/C13H12O8/c1-7(16)21-12-9(5-15)3-8(4-14)11(13(12)19-2)20-6-10(17)18/h3-5H,6H2,1-2H3,(H,17,18). The minimum Gasteiger partial charge on any atom is -0.490 e. The van der Waals surface area contributed by atoms with Crippen molar-refractivity contribution in [3.05, 3.63) is 17.2 Å². The predicted octanol–water partition coefficient (Wildman–Crippen LogP) is 0.709. The molecule has 0 aliphatic carbocycles. The number of hydrogen-bond acceptors (Lipinski definition) is 7. The van der Waals surface area contributed by atoms with E-state index in [0.29, 0.717) is 12.6 Å². The quantitative estimate of drug-likeness (QED) is 0.444. The van der Waals surface area contributed by atoms with Gasteiger partial charge in [0.25, 0.3) is 0 Å². The first-order valence-corrected chi connectivity index (χ1v) is 5.62. The Morgan fingerprint density at radius 3 is 2.14 bits per heavy atom. The van der Waals surface area contributed by atoms with Crippen molar-refractivity contribution in [1.82, 2.24) is 0 Å². The van der Waals surface area contributed by atoms with Gasteiger partial charge in [-0.1, -0.05) is 0 Å². The Labute approximate surface area is 119 Å². The number of rotatable bonds is 7. The van der Waals surface area contributed by atoms with Crippen LogP contribution in [0.5, 0.6) is 17.2 Å². The summed E-state index contributed by atoms with van der Waals surface area (Å²) in [7, 11) is 1.19. The summed E-state index contributed by atoms with van der Waals surface area (Å²) >= 11 is 0. The number of benzene rings is 1. The Balaban J connectivity index is 3.50. The molecule has 1 aromatic carbocycles. The molecule has 0 heterocycles. The molecule has 112 valence electrons. The lowest BCUT2D eigenvalue weighted by Gasteiger charge is -2.16. The number of carbonyl (C=O) groups excluding carboxylic acids is 3. The molecule has 8 heteroatoms. The van der Waals surface area contributed by atoms with Crippen molar-refractivity contribution in [3.8, 4) is 17.2 Å². The van der Waals surface area contributed by atoms with E-state index in [-0.39, 0.29) is 28.4 Å². The number of carboxylic acid groups (broad SMARTS) is 1.